The summed E-state index contributed by atoms with van der Waals surface area (Å²) >= 11 is 0. The second kappa shape index (κ2) is 7.79. The van der Waals surface area contributed by atoms with Crippen LogP contribution in [-0.4, -0.2) is 23.0 Å². The van der Waals surface area contributed by atoms with Gasteiger partial charge >= 0.3 is 5.97 Å². The molecular formula is C11H17NO3. The molecule has 4 heteroatoms. The van der Waals surface area contributed by atoms with Crippen LogP contribution < -0.4 is 5.32 Å². The van der Waals surface area contributed by atoms with Crippen molar-refractivity contribution >= 4 is 11.9 Å². The van der Waals surface area contributed by atoms with Crippen LogP contribution in [0.15, 0.2) is 25.3 Å². The van der Waals surface area contributed by atoms with Crippen molar-refractivity contribution in [3.63, 3.8) is 0 Å². The lowest BCUT2D eigenvalue weighted by atomic mass is 10.1. The molecule has 0 heterocycles. The van der Waals surface area contributed by atoms with Crippen molar-refractivity contribution in [1.82, 2.24) is 5.32 Å². The van der Waals surface area contributed by atoms with E-state index in [1.807, 2.05) is 0 Å². The largest absolute Gasteiger partial charge is 0.480 e. The minimum Gasteiger partial charge on any atom is -0.480 e. The lowest BCUT2D eigenvalue weighted by molar-refractivity contribution is -0.142. The molecule has 0 bridgehead atoms. The zero-order valence-electron chi connectivity index (χ0n) is 8.74. The molecule has 0 fully saturated rings. The van der Waals surface area contributed by atoms with Crippen LogP contribution in [0.2, 0.25) is 0 Å². The highest BCUT2D eigenvalue weighted by Gasteiger charge is 2.18. The normalized spacial score (nSPS) is 11.5. The summed E-state index contributed by atoms with van der Waals surface area (Å²) in [4.78, 5) is 22.0. The maximum atomic E-state index is 11.2. The van der Waals surface area contributed by atoms with Gasteiger partial charge in [-0.3, -0.25) is 4.79 Å². The summed E-state index contributed by atoms with van der Waals surface area (Å²) in [5.74, 6) is -1.27. The highest BCUT2D eigenvalue weighted by molar-refractivity contribution is 5.83. The van der Waals surface area contributed by atoms with E-state index >= 15 is 0 Å². The molecular weight excluding hydrogens is 194 g/mol. The van der Waals surface area contributed by atoms with Crippen molar-refractivity contribution in [2.24, 2.45) is 0 Å². The highest BCUT2D eigenvalue weighted by atomic mass is 16.4. The summed E-state index contributed by atoms with van der Waals surface area (Å²) in [6, 6.07) is -0.819. The fraction of sp³-hybridized carbons (Fsp3) is 0.455. The van der Waals surface area contributed by atoms with E-state index in [4.69, 9.17) is 5.11 Å². The summed E-state index contributed by atoms with van der Waals surface area (Å²) in [6.45, 7) is 6.99. The van der Waals surface area contributed by atoms with Crippen LogP contribution in [0.3, 0.4) is 0 Å². The quantitative estimate of drug-likeness (QED) is 0.598. The third-order valence-corrected chi connectivity index (χ3v) is 1.87. The lowest BCUT2D eigenvalue weighted by Crippen LogP contribution is -2.40. The van der Waals surface area contributed by atoms with Gasteiger partial charge in [0.05, 0.1) is 0 Å². The molecule has 4 nitrogen and oxygen atoms in total. The standard InChI is InChI=1S/C11H17NO3/c1-3-5-7-9(11(14)15)12-10(13)8-6-4-2/h3-4,9H,1-2,5-8H2,(H,12,13)(H,14,15). The van der Waals surface area contributed by atoms with Gasteiger partial charge < -0.3 is 10.4 Å². The van der Waals surface area contributed by atoms with Crippen LogP contribution >= 0.6 is 0 Å². The number of hydrogen-bond acceptors (Lipinski definition) is 2. The second-order valence-corrected chi connectivity index (χ2v) is 3.15. The summed E-state index contributed by atoms with van der Waals surface area (Å²) in [6.07, 6.45) is 5.03. The van der Waals surface area contributed by atoms with Gasteiger partial charge in [-0.15, -0.1) is 13.2 Å². The Hall–Kier alpha value is -1.58. The van der Waals surface area contributed by atoms with Crippen LogP contribution in [0.1, 0.15) is 25.7 Å². The molecule has 0 radical (unpaired) electrons. The van der Waals surface area contributed by atoms with Gasteiger partial charge in [-0.25, -0.2) is 4.79 Å². The molecule has 1 unspecified atom stereocenters. The summed E-state index contributed by atoms with van der Waals surface area (Å²) in [5, 5.41) is 11.3. The minimum absolute atomic E-state index is 0.258. The maximum Gasteiger partial charge on any atom is 0.326 e. The number of amides is 1. The van der Waals surface area contributed by atoms with Crippen LogP contribution in [-0.2, 0) is 9.59 Å². The number of nitrogens with one attached hydrogen (secondary N) is 1. The molecule has 0 saturated carbocycles. The molecule has 0 aliphatic heterocycles. The lowest BCUT2D eigenvalue weighted by Gasteiger charge is -2.12. The molecule has 15 heavy (non-hydrogen) atoms. The molecule has 1 amide bonds. The third kappa shape index (κ3) is 6.49. The number of aliphatic carboxylic acids is 1. The van der Waals surface area contributed by atoms with Crippen molar-refractivity contribution in [2.45, 2.75) is 31.7 Å². The highest BCUT2D eigenvalue weighted by Crippen LogP contribution is 2.00. The fourth-order valence-electron chi connectivity index (χ4n) is 1.04. The average Bonchev–Trinajstić information content (AvgIpc) is 2.20. The Morgan fingerprint density at radius 3 is 2.33 bits per heavy atom. The van der Waals surface area contributed by atoms with E-state index in [1.165, 1.54) is 0 Å². The Kier molecular flexibility index (Phi) is 6.97. The van der Waals surface area contributed by atoms with Crippen LogP contribution in [0, 0.1) is 0 Å². The molecule has 84 valence electrons. The fourth-order valence-corrected chi connectivity index (χ4v) is 1.04. The van der Waals surface area contributed by atoms with Gasteiger partial charge in [0.1, 0.15) is 6.04 Å². The van der Waals surface area contributed by atoms with Gasteiger partial charge in [0.2, 0.25) is 5.91 Å². The zero-order chi connectivity index (χ0) is 11.7. The monoisotopic (exact) mass is 211 g/mol. The predicted molar refractivity (Wildman–Crippen MR) is 58.4 cm³/mol. The number of allylic oxidation sites excluding steroid dienone is 2. The van der Waals surface area contributed by atoms with Crippen molar-refractivity contribution < 1.29 is 14.7 Å². The Balaban J connectivity index is 4.03. The van der Waals surface area contributed by atoms with Crippen molar-refractivity contribution in [3.05, 3.63) is 25.3 Å². The Labute approximate surface area is 89.7 Å². The SMILES string of the molecule is C=CCCC(=O)NC(CCC=C)C(=O)O. The first-order valence-electron chi connectivity index (χ1n) is 4.85. The summed E-state index contributed by atoms with van der Waals surface area (Å²) < 4.78 is 0. The maximum absolute atomic E-state index is 11.2. The first kappa shape index (κ1) is 13.4. The zero-order valence-corrected chi connectivity index (χ0v) is 8.74. The predicted octanol–water partition coefficient (Wildman–Crippen LogP) is 1.49. The third-order valence-electron chi connectivity index (χ3n) is 1.87. The number of carboxylic acids is 1. The Morgan fingerprint density at radius 2 is 1.87 bits per heavy atom. The van der Waals surface area contributed by atoms with Gasteiger partial charge in [0.25, 0.3) is 0 Å². The number of carboxylic acid groups (broad SMARTS) is 1. The first-order chi connectivity index (χ1) is 7.11. The van der Waals surface area contributed by atoms with Gasteiger partial charge in [0, 0.05) is 6.42 Å². The van der Waals surface area contributed by atoms with Crippen molar-refractivity contribution in [3.8, 4) is 0 Å². The van der Waals surface area contributed by atoms with Gasteiger partial charge in [-0.2, -0.15) is 0 Å². The molecule has 0 spiro atoms. The van der Waals surface area contributed by atoms with Crippen molar-refractivity contribution in [1.29, 1.82) is 0 Å². The molecule has 0 rings (SSSR count). The smallest absolute Gasteiger partial charge is 0.326 e. The van der Waals surface area contributed by atoms with E-state index in [1.54, 1.807) is 12.2 Å². The number of hydrogen-bond donors (Lipinski definition) is 2. The topological polar surface area (TPSA) is 66.4 Å². The molecule has 0 saturated heterocycles. The molecule has 0 aliphatic rings. The van der Waals surface area contributed by atoms with E-state index in [2.05, 4.69) is 18.5 Å². The molecule has 0 aromatic heterocycles. The van der Waals surface area contributed by atoms with E-state index < -0.39 is 12.0 Å². The number of carbonyl (C=O) groups excluding carboxylic acids is 1. The van der Waals surface area contributed by atoms with E-state index in [9.17, 15) is 9.59 Å². The summed E-state index contributed by atoms with van der Waals surface area (Å²) in [7, 11) is 0. The van der Waals surface area contributed by atoms with E-state index in [0.29, 0.717) is 19.3 Å². The molecule has 0 aliphatic carbocycles. The van der Waals surface area contributed by atoms with E-state index in [0.717, 1.165) is 0 Å². The number of rotatable bonds is 8. The van der Waals surface area contributed by atoms with Gasteiger partial charge in [-0.05, 0) is 19.3 Å². The Morgan fingerprint density at radius 1 is 1.27 bits per heavy atom. The molecule has 0 aromatic rings. The second-order valence-electron chi connectivity index (χ2n) is 3.15. The van der Waals surface area contributed by atoms with Crippen LogP contribution in [0.4, 0.5) is 0 Å². The minimum atomic E-state index is -1.01. The van der Waals surface area contributed by atoms with Crippen LogP contribution in [0.25, 0.3) is 0 Å². The van der Waals surface area contributed by atoms with Gasteiger partial charge in [-0.1, -0.05) is 12.2 Å². The van der Waals surface area contributed by atoms with E-state index in [-0.39, 0.29) is 12.3 Å². The first-order valence-corrected chi connectivity index (χ1v) is 4.85. The van der Waals surface area contributed by atoms with Crippen LogP contribution in [0.5, 0.6) is 0 Å². The molecule has 2 N–H and O–H groups in total. The number of carbonyl (C=O) groups is 2. The van der Waals surface area contributed by atoms with Crippen molar-refractivity contribution in [2.75, 3.05) is 0 Å². The molecule has 0 aromatic carbocycles. The Bertz CT molecular complexity index is 248. The average molecular weight is 211 g/mol. The summed E-state index contributed by atoms with van der Waals surface area (Å²) in [5.41, 5.74) is 0. The van der Waals surface area contributed by atoms with Gasteiger partial charge in [0.15, 0.2) is 0 Å². The molecule has 1 atom stereocenters.